The lowest BCUT2D eigenvalue weighted by Gasteiger charge is -2.05. The van der Waals surface area contributed by atoms with Crippen LogP contribution < -0.4 is 4.74 Å². The van der Waals surface area contributed by atoms with Crippen LogP contribution in [0.5, 0.6) is 11.5 Å². The number of nitrogens with zero attached hydrogens (tertiary/aromatic N) is 1. The van der Waals surface area contributed by atoms with E-state index < -0.39 is 6.61 Å². The van der Waals surface area contributed by atoms with E-state index in [-0.39, 0.29) is 5.78 Å². The van der Waals surface area contributed by atoms with E-state index in [9.17, 15) is 4.79 Å². The number of fused-ring (bicyclic) bond motifs is 1. The molecular weight excluding hydrogens is 328 g/mol. The Morgan fingerprint density at radius 2 is 1.69 bits per heavy atom. The molecule has 0 spiro atoms. The van der Waals surface area contributed by atoms with Gasteiger partial charge >= 0.3 is 0 Å². The molecule has 0 saturated carbocycles. The summed E-state index contributed by atoms with van der Waals surface area (Å²) in [6, 6.07) is 22.4. The minimum Gasteiger partial charge on any atom is -0.457 e. The van der Waals surface area contributed by atoms with Crippen molar-refractivity contribution in [3.63, 3.8) is 0 Å². The molecule has 4 aromatic rings. The molecule has 0 fully saturated rings. The van der Waals surface area contributed by atoms with Crippen LogP contribution >= 0.6 is 0 Å². The van der Waals surface area contributed by atoms with Gasteiger partial charge in [0.1, 0.15) is 23.9 Å². The average Bonchev–Trinajstić information content (AvgIpc) is 3.12. The standard InChI is InChI=1S/C21H16N2O3/c24-13-20(25)15-8-11-18-19(12-15)23-21(22-18)14-6-9-17(10-7-14)26-16-4-2-1-3-5-16/h1-12,24H,13H2,(H,22,23). The van der Waals surface area contributed by atoms with Gasteiger partial charge in [-0.25, -0.2) is 4.98 Å². The molecule has 1 heterocycles. The number of carbonyl (C=O) groups is 1. The highest BCUT2D eigenvalue weighted by molar-refractivity contribution is 5.99. The number of hydrogen-bond acceptors (Lipinski definition) is 4. The zero-order chi connectivity index (χ0) is 17.9. The number of hydrogen-bond donors (Lipinski definition) is 2. The fourth-order valence-corrected chi connectivity index (χ4v) is 2.72. The predicted molar refractivity (Wildman–Crippen MR) is 99.5 cm³/mol. The molecule has 2 N–H and O–H groups in total. The minimum atomic E-state index is -0.505. The Balaban J connectivity index is 1.60. The minimum absolute atomic E-state index is 0.314. The van der Waals surface area contributed by atoms with E-state index in [4.69, 9.17) is 9.84 Å². The summed E-state index contributed by atoms with van der Waals surface area (Å²) in [6.45, 7) is -0.505. The number of carbonyl (C=O) groups excluding carboxylic acids is 1. The lowest BCUT2D eigenvalue weighted by molar-refractivity contribution is 0.0904. The van der Waals surface area contributed by atoms with Crippen molar-refractivity contribution in [3.05, 3.63) is 78.4 Å². The van der Waals surface area contributed by atoms with Crippen molar-refractivity contribution >= 4 is 16.8 Å². The van der Waals surface area contributed by atoms with Crippen LogP contribution in [0.25, 0.3) is 22.4 Å². The number of aromatic nitrogens is 2. The van der Waals surface area contributed by atoms with Crippen LogP contribution in [-0.4, -0.2) is 27.5 Å². The van der Waals surface area contributed by atoms with Crippen molar-refractivity contribution in [2.75, 3.05) is 6.61 Å². The summed E-state index contributed by atoms with van der Waals surface area (Å²) in [5.74, 6) is 1.92. The molecule has 0 unspecified atom stereocenters. The number of aliphatic hydroxyl groups excluding tert-OH is 1. The van der Waals surface area contributed by atoms with E-state index >= 15 is 0 Å². The van der Waals surface area contributed by atoms with Crippen molar-refractivity contribution in [2.24, 2.45) is 0 Å². The first-order valence-corrected chi connectivity index (χ1v) is 8.20. The van der Waals surface area contributed by atoms with E-state index in [2.05, 4.69) is 9.97 Å². The molecule has 0 atom stereocenters. The van der Waals surface area contributed by atoms with Crippen LogP contribution in [0.15, 0.2) is 72.8 Å². The lowest BCUT2D eigenvalue weighted by atomic mass is 10.1. The SMILES string of the molecule is O=C(CO)c1ccc2nc(-c3ccc(Oc4ccccc4)cc3)[nH]c2c1. The highest BCUT2D eigenvalue weighted by Crippen LogP contribution is 2.26. The van der Waals surface area contributed by atoms with Crippen LogP contribution in [0.2, 0.25) is 0 Å². The maximum atomic E-state index is 11.6. The first-order chi connectivity index (χ1) is 12.7. The summed E-state index contributed by atoms with van der Waals surface area (Å²) in [5, 5.41) is 8.99. The quantitative estimate of drug-likeness (QED) is 0.532. The van der Waals surface area contributed by atoms with Crippen molar-refractivity contribution in [1.82, 2.24) is 9.97 Å². The Morgan fingerprint density at radius 1 is 0.962 bits per heavy atom. The van der Waals surface area contributed by atoms with Crippen LogP contribution in [0.3, 0.4) is 0 Å². The van der Waals surface area contributed by atoms with Gasteiger partial charge in [-0.3, -0.25) is 4.79 Å². The molecule has 0 amide bonds. The lowest BCUT2D eigenvalue weighted by Crippen LogP contribution is -2.03. The maximum Gasteiger partial charge on any atom is 0.188 e. The third-order valence-corrected chi connectivity index (χ3v) is 4.05. The monoisotopic (exact) mass is 344 g/mol. The smallest absolute Gasteiger partial charge is 0.188 e. The van der Waals surface area contributed by atoms with Gasteiger partial charge < -0.3 is 14.8 Å². The Hall–Kier alpha value is -3.44. The molecule has 0 aliphatic carbocycles. The Bertz CT molecular complexity index is 1050. The van der Waals surface area contributed by atoms with Crippen molar-refractivity contribution < 1.29 is 14.6 Å². The summed E-state index contributed by atoms with van der Waals surface area (Å²) >= 11 is 0. The molecule has 1 aromatic heterocycles. The maximum absolute atomic E-state index is 11.6. The van der Waals surface area contributed by atoms with Crippen molar-refractivity contribution in [1.29, 1.82) is 0 Å². The van der Waals surface area contributed by atoms with Gasteiger partial charge in [-0.1, -0.05) is 18.2 Å². The number of H-pyrrole nitrogens is 1. The number of rotatable bonds is 5. The van der Waals surface area contributed by atoms with Gasteiger partial charge in [-0.2, -0.15) is 0 Å². The zero-order valence-corrected chi connectivity index (χ0v) is 13.8. The molecule has 128 valence electrons. The third kappa shape index (κ3) is 3.20. The van der Waals surface area contributed by atoms with Gasteiger partial charge in [-0.15, -0.1) is 0 Å². The van der Waals surface area contributed by atoms with Gasteiger partial charge in [-0.05, 0) is 54.6 Å². The first-order valence-electron chi connectivity index (χ1n) is 8.20. The van der Waals surface area contributed by atoms with E-state index in [0.717, 1.165) is 28.1 Å². The normalized spacial score (nSPS) is 10.8. The predicted octanol–water partition coefficient (Wildman–Crippen LogP) is 4.20. The highest BCUT2D eigenvalue weighted by atomic mass is 16.5. The summed E-state index contributed by atoms with van der Waals surface area (Å²) in [6.07, 6.45) is 0. The summed E-state index contributed by atoms with van der Waals surface area (Å²) in [4.78, 5) is 19.4. The molecule has 4 rings (SSSR count). The number of ether oxygens (including phenoxy) is 1. The Kier molecular flexibility index (Phi) is 4.21. The number of aliphatic hydroxyl groups is 1. The Morgan fingerprint density at radius 3 is 2.42 bits per heavy atom. The largest absolute Gasteiger partial charge is 0.457 e. The summed E-state index contributed by atoms with van der Waals surface area (Å²) in [7, 11) is 0. The molecule has 26 heavy (non-hydrogen) atoms. The topological polar surface area (TPSA) is 75.2 Å². The molecule has 5 nitrogen and oxygen atoms in total. The fourth-order valence-electron chi connectivity index (χ4n) is 2.72. The number of ketones is 1. The molecule has 0 radical (unpaired) electrons. The highest BCUT2D eigenvalue weighted by Gasteiger charge is 2.09. The molecule has 0 aliphatic heterocycles. The first kappa shape index (κ1) is 16.1. The van der Waals surface area contributed by atoms with Gasteiger partial charge in [0, 0.05) is 11.1 Å². The van der Waals surface area contributed by atoms with E-state index in [1.165, 1.54) is 0 Å². The zero-order valence-electron chi connectivity index (χ0n) is 13.8. The number of para-hydroxylation sites is 1. The molecule has 3 aromatic carbocycles. The second-order valence-electron chi connectivity index (χ2n) is 5.84. The van der Waals surface area contributed by atoms with E-state index in [0.29, 0.717) is 11.4 Å². The van der Waals surface area contributed by atoms with E-state index in [1.807, 2.05) is 54.6 Å². The number of aromatic amines is 1. The third-order valence-electron chi connectivity index (χ3n) is 4.05. The van der Waals surface area contributed by atoms with Crippen molar-refractivity contribution in [2.45, 2.75) is 0 Å². The van der Waals surface area contributed by atoms with Gasteiger partial charge in [0.15, 0.2) is 5.78 Å². The fraction of sp³-hybridized carbons (Fsp3) is 0.0476. The second-order valence-corrected chi connectivity index (χ2v) is 5.84. The van der Waals surface area contributed by atoms with E-state index in [1.54, 1.807) is 18.2 Å². The number of nitrogens with one attached hydrogen (secondary N) is 1. The van der Waals surface area contributed by atoms with Crippen LogP contribution in [0.4, 0.5) is 0 Å². The van der Waals surface area contributed by atoms with Gasteiger partial charge in [0.2, 0.25) is 0 Å². The number of imidazole rings is 1. The van der Waals surface area contributed by atoms with Gasteiger partial charge in [0.05, 0.1) is 11.0 Å². The van der Waals surface area contributed by atoms with Gasteiger partial charge in [0.25, 0.3) is 0 Å². The van der Waals surface area contributed by atoms with Crippen LogP contribution in [0, 0.1) is 0 Å². The molecule has 0 bridgehead atoms. The number of Topliss-reactive ketones (excluding diaryl/α,β-unsaturated/α-hetero) is 1. The van der Waals surface area contributed by atoms with Crippen LogP contribution in [-0.2, 0) is 0 Å². The average molecular weight is 344 g/mol. The molecular formula is C21H16N2O3. The van der Waals surface area contributed by atoms with Crippen LogP contribution in [0.1, 0.15) is 10.4 Å². The molecule has 0 aliphatic rings. The summed E-state index contributed by atoms with van der Waals surface area (Å²) in [5.41, 5.74) is 2.89. The summed E-state index contributed by atoms with van der Waals surface area (Å²) < 4.78 is 5.79. The molecule has 0 saturated heterocycles. The van der Waals surface area contributed by atoms with Crippen molar-refractivity contribution in [3.8, 4) is 22.9 Å². The Labute approximate surface area is 149 Å². The number of benzene rings is 3. The molecule has 5 heteroatoms. The second kappa shape index (κ2) is 6.82.